The normalized spacial score (nSPS) is 12.9. The van der Waals surface area contributed by atoms with Gasteiger partial charge in [-0.25, -0.2) is 0 Å². The molecule has 3 heteroatoms. The number of aliphatic hydroxyl groups excluding tert-OH is 1. The summed E-state index contributed by atoms with van der Waals surface area (Å²) in [6, 6.07) is 1.88. The van der Waals surface area contributed by atoms with Crippen molar-refractivity contribution in [3.8, 4) is 0 Å². The zero-order valence-corrected chi connectivity index (χ0v) is 7.75. The number of aromatic nitrogens is 1. The van der Waals surface area contributed by atoms with Crippen LogP contribution in [0.4, 0.5) is 0 Å². The number of hydrogen-bond donors (Lipinski definition) is 1. The minimum Gasteiger partial charge on any atom is -0.396 e. The van der Waals surface area contributed by atoms with Crippen molar-refractivity contribution in [2.45, 2.75) is 13.3 Å². The van der Waals surface area contributed by atoms with Crippen LogP contribution in [0.25, 0.3) is 0 Å². The predicted molar refractivity (Wildman–Crippen MR) is 49.2 cm³/mol. The minimum atomic E-state index is 0.193. The molecule has 1 heterocycles. The summed E-state index contributed by atoms with van der Waals surface area (Å²) in [5.74, 6) is 0.255. The quantitative estimate of drug-likeness (QED) is 0.781. The molecule has 1 aromatic heterocycles. The first-order chi connectivity index (χ1) is 5.74. The molecule has 1 aromatic rings. The van der Waals surface area contributed by atoms with Crippen LogP contribution in [-0.4, -0.2) is 16.7 Å². The molecule has 0 amide bonds. The SMILES string of the molecule is CC(CO)Cc1ccncc1Cl. The molecule has 12 heavy (non-hydrogen) atoms. The smallest absolute Gasteiger partial charge is 0.0621 e. The number of nitrogens with zero attached hydrogens (tertiary/aromatic N) is 1. The molecule has 1 unspecified atom stereocenters. The van der Waals surface area contributed by atoms with E-state index in [1.807, 2.05) is 13.0 Å². The van der Waals surface area contributed by atoms with E-state index in [0.717, 1.165) is 12.0 Å². The maximum atomic E-state index is 8.83. The Hall–Kier alpha value is -0.600. The van der Waals surface area contributed by atoms with E-state index >= 15 is 0 Å². The fourth-order valence-electron chi connectivity index (χ4n) is 1.01. The molecular formula is C9H12ClNO. The van der Waals surface area contributed by atoms with Gasteiger partial charge in [-0.05, 0) is 24.0 Å². The molecule has 0 aliphatic heterocycles. The molecule has 0 fully saturated rings. The van der Waals surface area contributed by atoms with Crippen LogP contribution in [0.1, 0.15) is 12.5 Å². The van der Waals surface area contributed by atoms with Crippen LogP contribution >= 0.6 is 11.6 Å². The third kappa shape index (κ3) is 2.47. The second-order valence-electron chi connectivity index (χ2n) is 2.96. The summed E-state index contributed by atoms with van der Waals surface area (Å²) >= 11 is 5.88. The summed E-state index contributed by atoms with van der Waals surface area (Å²) in [6.45, 7) is 2.18. The van der Waals surface area contributed by atoms with Gasteiger partial charge in [-0.3, -0.25) is 4.98 Å². The van der Waals surface area contributed by atoms with Gasteiger partial charge in [0.25, 0.3) is 0 Å². The van der Waals surface area contributed by atoms with E-state index in [-0.39, 0.29) is 12.5 Å². The maximum absolute atomic E-state index is 8.83. The highest BCUT2D eigenvalue weighted by Gasteiger charge is 2.04. The Morgan fingerprint density at radius 1 is 1.67 bits per heavy atom. The standard InChI is InChI=1S/C9H12ClNO/c1-7(6-12)4-8-2-3-11-5-9(8)10/h2-3,5,7,12H,4,6H2,1H3. The Bertz CT molecular complexity index is 252. The molecule has 2 nitrogen and oxygen atoms in total. The highest BCUT2D eigenvalue weighted by molar-refractivity contribution is 6.31. The molecular weight excluding hydrogens is 174 g/mol. The number of rotatable bonds is 3. The molecule has 0 saturated heterocycles. The molecule has 0 spiro atoms. The van der Waals surface area contributed by atoms with Crippen molar-refractivity contribution in [3.05, 3.63) is 29.0 Å². The average Bonchev–Trinajstić information content (AvgIpc) is 2.09. The second-order valence-corrected chi connectivity index (χ2v) is 3.37. The van der Waals surface area contributed by atoms with Crippen LogP contribution in [0.5, 0.6) is 0 Å². The Morgan fingerprint density at radius 2 is 2.42 bits per heavy atom. The van der Waals surface area contributed by atoms with Gasteiger partial charge in [-0.1, -0.05) is 18.5 Å². The van der Waals surface area contributed by atoms with Crippen molar-refractivity contribution in [3.63, 3.8) is 0 Å². The van der Waals surface area contributed by atoms with Crippen molar-refractivity contribution in [1.82, 2.24) is 4.98 Å². The molecule has 1 atom stereocenters. The third-order valence-electron chi connectivity index (χ3n) is 1.74. The lowest BCUT2D eigenvalue weighted by atomic mass is 10.0. The van der Waals surface area contributed by atoms with Gasteiger partial charge in [0, 0.05) is 19.0 Å². The van der Waals surface area contributed by atoms with E-state index in [1.54, 1.807) is 12.4 Å². The van der Waals surface area contributed by atoms with E-state index in [2.05, 4.69) is 4.98 Å². The first-order valence-corrected chi connectivity index (χ1v) is 4.31. The number of pyridine rings is 1. The first-order valence-electron chi connectivity index (χ1n) is 3.93. The zero-order chi connectivity index (χ0) is 8.97. The molecule has 0 radical (unpaired) electrons. The Morgan fingerprint density at radius 3 is 3.00 bits per heavy atom. The van der Waals surface area contributed by atoms with E-state index in [4.69, 9.17) is 16.7 Å². The van der Waals surface area contributed by atoms with Crippen molar-refractivity contribution in [2.24, 2.45) is 5.92 Å². The van der Waals surface area contributed by atoms with Crippen LogP contribution in [-0.2, 0) is 6.42 Å². The summed E-state index contributed by atoms with van der Waals surface area (Å²) in [5.41, 5.74) is 1.05. The van der Waals surface area contributed by atoms with Crippen molar-refractivity contribution < 1.29 is 5.11 Å². The minimum absolute atomic E-state index is 0.193. The molecule has 0 aliphatic carbocycles. The first kappa shape index (κ1) is 9.49. The molecule has 0 bridgehead atoms. The van der Waals surface area contributed by atoms with Crippen LogP contribution in [0.15, 0.2) is 18.5 Å². The number of aliphatic hydroxyl groups is 1. The van der Waals surface area contributed by atoms with Crippen molar-refractivity contribution in [1.29, 1.82) is 0 Å². The van der Waals surface area contributed by atoms with Crippen molar-refractivity contribution in [2.75, 3.05) is 6.61 Å². The Kier molecular flexibility index (Phi) is 3.50. The number of hydrogen-bond acceptors (Lipinski definition) is 2. The van der Waals surface area contributed by atoms with Crippen LogP contribution in [0.3, 0.4) is 0 Å². The summed E-state index contributed by atoms with van der Waals surface area (Å²) < 4.78 is 0. The van der Waals surface area contributed by atoms with E-state index < -0.39 is 0 Å². The van der Waals surface area contributed by atoms with Gasteiger partial charge in [0.1, 0.15) is 0 Å². The monoisotopic (exact) mass is 185 g/mol. The lowest BCUT2D eigenvalue weighted by molar-refractivity contribution is 0.237. The second kappa shape index (κ2) is 4.43. The van der Waals surface area contributed by atoms with Crippen LogP contribution < -0.4 is 0 Å². The Labute approximate surface area is 77.2 Å². The summed E-state index contributed by atoms with van der Waals surface area (Å²) in [7, 11) is 0. The molecule has 1 rings (SSSR count). The van der Waals surface area contributed by atoms with Gasteiger partial charge in [-0.15, -0.1) is 0 Å². The molecule has 1 N–H and O–H groups in total. The van der Waals surface area contributed by atoms with Gasteiger partial charge in [0.05, 0.1) is 5.02 Å². The topological polar surface area (TPSA) is 33.1 Å². The molecule has 0 aliphatic rings. The van der Waals surface area contributed by atoms with Crippen LogP contribution in [0.2, 0.25) is 5.02 Å². The maximum Gasteiger partial charge on any atom is 0.0621 e. The predicted octanol–water partition coefficient (Wildman–Crippen LogP) is 1.91. The largest absolute Gasteiger partial charge is 0.396 e. The molecule has 0 aromatic carbocycles. The Balaban J connectivity index is 2.69. The van der Waals surface area contributed by atoms with E-state index in [1.165, 1.54) is 0 Å². The van der Waals surface area contributed by atoms with E-state index in [0.29, 0.717) is 5.02 Å². The highest BCUT2D eigenvalue weighted by atomic mass is 35.5. The number of halogens is 1. The van der Waals surface area contributed by atoms with E-state index in [9.17, 15) is 0 Å². The van der Waals surface area contributed by atoms with Gasteiger partial charge < -0.3 is 5.11 Å². The van der Waals surface area contributed by atoms with Gasteiger partial charge >= 0.3 is 0 Å². The third-order valence-corrected chi connectivity index (χ3v) is 2.08. The zero-order valence-electron chi connectivity index (χ0n) is 7.00. The van der Waals surface area contributed by atoms with Crippen molar-refractivity contribution >= 4 is 11.6 Å². The fraction of sp³-hybridized carbons (Fsp3) is 0.444. The average molecular weight is 186 g/mol. The molecule has 0 saturated carbocycles. The highest BCUT2D eigenvalue weighted by Crippen LogP contribution is 2.16. The molecule has 66 valence electrons. The summed E-state index contributed by atoms with van der Waals surface area (Å²) in [4.78, 5) is 3.88. The lowest BCUT2D eigenvalue weighted by Gasteiger charge is -2.08. The van der Waals surface area contributed by atoms with Crippen LogP contribution in [0, 0.1) is 5.92 Å². The lowest BCUT2D eigenvalue weighted by Crippen LogP contribution is -2.04. The summed E-state index contributed by atoms with van der Waals surface area (Å²) in [5, 5.41) is 9.51. The van der Waals surface area contributed by atoms with Gasteiger partial charge in [0.2, 0.25) is 0 Å². The van der Waals surface area contributed by atoms with Gasteiger partial charge in [-0.2, -0.15) is 0 Å². The van der Waals surface area contributed by atoms with Gasteiger partial charge in [0.15, 0.2) is 0 Å². The fourth-order valence-corrected chi connectivity index (χ4v) is 1.21. The summed E-state index contributed by atoms with van der Waals surface area (Å²) in [6.07, 6.45) is 4.14.